The Hall–Kier alpha value is -3.27. The van der Waals surface area contributed by atoms with E-state index in [0.717, 1.165) is 16.3 Å². The first-order chi connectivity index (χ1) is 19.5. The number of carbonyl (C=O) groups is 2. The van der Waals surface area contributed by atoms with E-state index in [9.17, 15) is 18.0 Å². The Morgan fingerprint density at radius 3 is 2.22 bits per heavy atom. The zero-order valence-corrected chi connectivity index (χ0v) is 25.9. The minimum absolute atomic E-state index is 0.0305. The highest BCUT2D eigenvalue weighted by Gasteiger charge is 2.32. The zero-order chi connectivity index (χ0) is 30.2. The maximum absolute atomic E-state index is 14.0. The average Bonchev–Trinajstić information content (AvgIpc) is 2.94. The largest absolute Gasteiger partial charge is 0.494 e. The number of benzene rings is 3. The predicted molar refractivity (Wildman–Crippen MR) is 163 cm³/mol. The fourth-order valence-corrected chi connectivity index (χ4v) is 5.94. The maximum atomic E-state index is 14.0. The van der Waals surface area contributed by atoms with Gasteiger partial charge in [-0.25, -0.2) is 8.42 Å². The summed E-state index contributed by atoms with van der Waals surface area (Å²) in [6.07, 6.45) is 0.718. The van der Waals surface area contributed by atoms with Crippen LogP contribution in [0.15, 0.2) is 71.6 Å². The van der Waals surface area contributed by atoms with E-state index >= 15 is 0 Å². The lowest BCUT2D eigenvalue weighted by Gasteiger charge is -2.32. The van der Waals surface area contributed by atoms with Crippen LogP contribution in [0, 0.1) is 6.92 Å². The lowest BCUT2D eigenvalue weighted by Crippen LogP contribution is -2.51. The summed E-state index contributed by atoms with van der Waals surface area (Å²) >= 11 is 12.5. The highest BCUT2D eigenvalue weighted by Crippen LogP contribution is 2.28. The van der Waals surface area contributed by atoms with E-state index < -0.39 is 28.5 Å². The number of nitrogens with one attached hydrogen (secondary N) is 1. The number of ether oxygens (including phenoxy) is 1. The molecule has 11 heteroatoms. The number of hydrogen-bond acceptors (Lipinski definition) is 5. The third-order valence-electron chi connectivity index (χ3n) is 6.40. The minimum atomic E-state index is -4.17. The monoisotopic (exact) mass is 619 g/mol. The van der Waals surface area contributed by atoms with Crippen LogP contribution >= 0.6 is 23.2 Å². The van der Waals surface area contributed by atoms with Crippen molar-refractivity contribution >= 4 is 50.7 Å². The van der Waals surface area contributed by atoms with Gasteiger partial charge in [-0.1, -0.05) is 53.9 Å². The molecule has 0 aliphatic rings. The van der Waals surface area contributed by atoms with Crippen LogP contribution < -0.4 is 14.4 Å². The van der Waals surface area contributed by atoms with Crippen molar-refractivity contribution in [3.63, 3.8) is 0 Å². The van der Waals surface area contributed by atoms with Crippen molar-refractivity contribution in [2.24, 2.45) is 0 Å². The van der Waals surface area contributed by atoms with Crippen molar-refractivity contribution in [1.29, 1.82) is 0 Å². The first-order valence-corrected chi connectivity index (χ1v) is 15.5. The van der Waals surface area contributed by atoms with Crippen molar-refractivity contribution < 1.29 is 22.7 Å². The highest BCUT2D eigenvalue weighted by molar-refractivity contribution is 7.92. The molecule has 0 aromatic heterocycles. The summed E-state index contributed by atoms with van der Waals surface area (Å²) in [6.45, 7) is 7.53. The molecule has 0 radical (unpaired) electrons. The van der Waals surface area contributed by atoms with E-state index in [0.29, 0.717) is 34.5 Å². The van der Waals surface area contributed by atoms with Crippen molar-refractivity contribution in [3.8, 4) is 5.75 Å². The van der Waals surface area contributed by atoms with Gasteiger partial charge >= 0.3 is 0 Å². The summed E-state index contributed by atoms with van der Waals surface area (Å²) in [5.41, 5.74) is 1.73. The number of sulfonamides is 1. The molecule has 1 atom stereocenters. The van der Waals surface area contributed by atoms with Crippen LogP contribution in [-0.4, -0.2) is 50.9 Å². The Bertz CT molecular complexity index is 1450. The molecule has 41 heavy (non-hydrogen) atoms. The van der Waals surface area contributed by atoms with E-state index in [1.165, 1.54) is 17.0 Å². The maximum Gasteiger partial charge on any atom is 0.264 e. The van der Waals surface area contributed by atoms with Crippen LogP contribution in [0.4, 0.5) is 5.69 Å². The molecular formula is C30H35Cl2N3O5S. The topological polar surface area (TPSA) is 96.0 Å². The van der Waals surface area contributed by atoms with Gasteiger partial charge in [-0.3, -0.25) is 13.9 Å². The van der Waals surface area contributed by atoms with Crippen LogP contribution in [0.2, 0.25) is 10.0 Å². The molecule has 0 saturated carbocycles. The van der Waals surface area contributed by atoms with Crippen molar-refractivity contribution in [2.75, 3.05) is 24.0 Å². The molecule has 2 amide bonds. The van der Waals surface area contributed by atoms with Crippen LogP contribution in [0.5, 0.6) is 5.75 Å². The third kappa shape index (κ3) is 8.38. The summed E-state index contributed by atoms with van der Waals surface area (Å²) in [5, 5.41) is 3.56. The summed E-state index contributed by atoms with van der Waals surface area (Å²) in [4.78, 5) is 28.3. The van der Waals surface area contributed by atoms with Gasteiger partial charge in [-0.05, 0) is 81.3 Å². The highest BCUT2D eigenvalue weighted by atomic mass is 35.5. The average molecular weight is 621 g/mol. The van der Waals surface area contributed by atoms with Crippen molar-refractivity contribution in [3.05, 3.63) is 87.9 Å². The van der Waals surface area contributed by atoms with Gasteiger partial charge < -0.3 is 15.0 Å². The molecule has 3 aromatic rings. The Labute approximate surface area is 252 Å². The molecule has 0 unspecified atom stereocenters. The van der Waals surface area contributed by atoms with Crippen LogP contribution in [0.1, 0.15) is 38.3 Å². The number of anilines is 1. The molecule has 0 spiro atoms. The van der Waals surface area contributed by atoms with E-state index in [4.69, 9.17) is 27.9 Å². The molecule has 1 N–H and O–H groups in total. The number of hydrogen-bond donors (Lipinski definition) is 1. The van der Waals surface area contributed by atoms with Gasteiger partial charge in [0.15, 0.2) is 0 Å². The van der Waals surface area contributed by atoms with Crippen molar-refractivity contribution in [1.82, 2.24) is 10.2 Å². The van der Waals surface area contributed by atoms with Crippen LogP contribution in [0.3, 0.4) is 0 Å². The second kappa shape index (κ2) is 14.6. The number of carbonyl (C=O) groups excluding carboxylic acids is 2. The summed E-state index contributed by atoms with van der Waals surface area (Å²) in [5.74, 6) is -0.380. The Morgan fingerprint density at radius 1 is 0.976 bits per heavy atom. The molecule has 0 bridgehead atoms. The van der Waals surface area contributed by atoms with Gasteiger partial charge in [-0.2, -0.15) is 0 Å². The van der Waals surface area contributed by atoms with Crippen LogP contribution in [-0.2, 0) is 26.2 Å². The zero-order valence-electron chi connectivity index (χ0n) is 23.6. The molecule has 0 aliphatic heterocycles. The second-order valence-electron chi connectivity index (χ2n) is 9.48. The Balaban J connectivity index is 2.04. The molecular weight excluding hydrogens is 585 g/mol. The first kappa shape index (κ1) is 32.2. The van der Waals surface area contributed by atoms with E-state index in [2.05, 4.69) is 5.32 Å². The van der Waals surface area contributed by atoms with Crippen molar-refractivity contribution in [2.45, 2.75) is 51.6 Å². The summed E-state index contributed by atoms with van der Waals surface area (Å²) in [6, 6.07) is 16.8. The van der Waals surface area contributed by atoms with E-state index in [1.54, 1.807) is 61.5 Å². The Kier molecular flexibility index (Phi) is 11.5. The molecule has 3 rings (SSSR count). The number of rotatable bonds is 13. The number of halogens is 2. The van der Waals surface area contributed by atoms with Crippen LogP contribution in [0.25, 0.3) is 0 Å². The first-order valence-electron chi connectivity index (χ1n) is 13.3. The summed E-state index contributed by atoms with van der Waals surface area (Å²) < 4.78 is 34.4. The quantitative estimate of drug-likeness (QED) is 0.259. The lowest BCUT2D eigenvalue weighted by atomic mass is 10.1. The summed E-state index contributed by atoms with van der Waals surface area (Å²) in [7, 11) is -4.17. The fraction of sp³-hybridized carbons (Fsp3) is 0.333. The molecule has 0 aliphatic carbocycles. The van der Waals surface area contributed by atoms with E-state index in [1.807, 2.05) is 20.8 Å². The van der Waals surface area contributed by atoms with Gasteiger partial charge in [0.25, 0.3) is 10.0 Å². The molecule has 3 aromatic carbocycles. The fourth-order valence-electron chi connectivity index (χ4n) is 4.05. The number of aryl methyl sites for hydroxylation is 1. The normalized spacial score (nSPS) is 12.0. The molecule has 0 fully saturated rings. The smallest absolute Gasteiger partial charge is 0.264 e. The minimum Gasteiger partial charge on any atom is -0.494 e. The number of nitrogens with zero attached hydrogens (tertiary/aromatic N) is 2. The standard InChI is InChI=1S/C30H35Cl2N3O5S/c1-5-17-33-30(37)22(4)34(19-23-9-10-24(31)18-28(23)32)29(36)20-35(25-11-13-26(14-12-25)40-6-2)41(38,39)27-15-7-21(3)8-16-27/h7-16,18,22H,5-6,17,19-20H2,1-4H3,(H,33,37)/t22-/m0/s1. The van der Waals surface area contributed by atoms with Gasteiger partial charge in [0.05, 0.1) is 17.2 Å². The Morgan fingerprint density at radius 2 is 1.63 bits per heavy atom. The lowest BCUT2D eigenvalue weighted by molar-refractivity contribution is -0.139. The molecule has 0 saturated heterocycles. The number of amides is 2. The van der Waals surface area contributed by atoms with Gasteiger partial charge in [0.2, 0.25) is 11.8 Å². The second-order valence-corrected chi connectivity index (χ2v) is 12.2. The van der Waals surface area contributed by atoms with E-state index in [-0.39, 0.29) is 23.0 Å². The molecule has 220 valence electrons. The predicted octanol–water partition coefficient (Wildman–Crippen LogP) is 5.84. The SMILES string of the molecule is CCCNC(=O)[C@H](C)N(Cc1ccc(Cl)cc1Cl)C(=O)CN(c1ccc(OCC)cc1)S(=O)(=O)c1ccc(C)cc1. The third-order valence-corrected chi connectivity index (χ3v) is 8.77. The van der Waals surface area contributed by atoms with Gasteiger partial charge in [0.1, 0.15) is 18.3 Å². The van der Waals surface area contributed by atoms with Gasteiger partial charge in [0, 0.05) is 23.1 Å². The molecule has 8 nitrogen and oxygen atoms in total. The van der Waals surface area contributed by atoms with Gasteiger partial charge in [-0.15, -0.1) is 0 Å². The molecule has 0 heterocycles.